The van der Waals surface area contributed by atoms with Crippen LogP contribution in [0.1, 0.15) is 5.56 Å². The molecular formula is C13H9BrF2O2. The lowest BCUT2D eigenvalue weighted by Crippen LogP contribution is -1.94. The first-order valence-corrected chi connectivity index (χ1v) is 5.91. The van der Waals surface area contributed by atoms with E-state index in [0.717, 1.165) is 16.6 Å². The molecule has 0 aliphatic carbocycles. The molecular weight excluding hydrogens is 306 g/mol. The van der Waals surface area contributed by atoms with E-state index in [1.807, 2.05) is 0 Å². The molecule has 2 nitrogen and oxygen atoms in total. The molecule has 0 aliphatic rings. The molecule has 0 saturated heterocycles. The molecule has 0 aromatic heterocycles. The first-order chi connectivity index (χ1) is 8.60. The molecule has 2 rings (SSSR count). The number of aliphatic hydroxyl groups is 1. The van der Waals surface area contributed by atoms with Crippen LogP contribution in [0, 0.1) is 11.6 Å². The number of hydrogen-bond donors (Lipinski definition) is 1. The van der Waals surface area contributed by atoms with E-state index in [1.165, 1.54) is 6.07 Å². The van der Waals surface area contributed by atoms with Crippen LogP contribution >= 0.6 is 15.9 Å². The SMILES string of the molecule is OCc1ccc(Br)cc1Oc1ccc(F)cc1F. The minimum absolute atomic E-state index is 0.0933. The summed E-state index contributed by atoms with van der Waals surface area (Å²) in [5.74, 6) is -1.24. The Bertz CT molecular complexity index is 573. The number of aliphatic hydroxyl groups excluding tert-OH is 1. The van der Waals surface area contributed by atoms with E-state index in [0.29, 0.717) is 11.3 Å². The zero-order valence-electron chi connectivity index (χ0n) is 9.16. The lowest BCUT2D eigenvalue weighted by Gasteiger charge is -2.10. The monoisotopic (exact) mass is 314 g/mol. The second kappa shape index (κ2) is 5.46. The maximum atomic E-state index is 13.4. The van der Waals surface area contributed by atoms with Crippen LogP contribution in [0.5, 0.6) is 11.5 Å². The molecule has 0 bridgehead atoms. The minimum atomic E-state index is -0.793. The molecule has 94 valence electrons. The maximum absolute atomic E-state index is 13.4. The Hall–Kier alpha value is -1.46. The van der Waals surface area contributed by atoms with E-state index >= 15 is 0 Å². The van der Waals surface area contributed by atoms with Crippen molar-refractivity contribution >= 4 is 15.9 Å². The standard InChI is InChI=1S/C13H9BrF2O2/c14-9-2-1-8(7-17)13(5-9)18-12-4-3-10(15)6-11(12)16/h1-6,17H,7H2. The van der Waals surface area contributed by atoms with Crippen LogP contribution in [0.4, 0.5) is 8.78 Å². The van der Waals surface area contributed by atoms with Crippen molar-refractivity contribution in [3.63, 3.8) is 0 Å². The summed E-state index contributed by atoms with van der Waals surface area (Å²) in [6, 6.07) is 8.04. The van der Waals surface area contributed by atoms with E-state index < -0.39 is 11.6 Å². The van der Waals surface area contributed by atoms with Crippen molar-refractivity contribution in [1.29, 1.82) is 0 Å². The molecule has 0 aliphatic heterocycles. The predicted molar refractivity (Wildman–Crippen MR) is 66.5 cm³/mol. The van der Waals surface area contributed by atoms with Gasteiger partial charge in [-0.1, -0.05) is 22.0 Å². The molecule has 0 amide bonds. The topological polar surface area (TPSA) is 29.5 Å². The summed E-state index contributed by atoms with van der Waals surface area (Å²) in [6.45, 7) is -0.231. The average molecular weight is 315 g/mol. The first-order valence-electron chi connectivity index (χ1n) is 5.12. The molecule has 0 heterocycles. The van der Waals surface area contributed by atoms with Gasteiger partial charge in [0.1, 0.15) is 11.6 Å². The lowest BCUT2D eigenvalue weighted by molar-refractivity contribution is 0.276. The van der Waals surface area contributed by atoms with E-state index in [-0.39, 0.29) is 12.4 Å². The van der Waals surface area contributed by atoms with Crippen molar-refractivity contribution in [2.45, 2.75) is 6.61 Å². The van der Waals surface area contributed by atoms with Gasteiger partial charge in [0.2, 0.25) is 0 Å². The van der Waals surface area contributed by atoms with E-state index in [1.54, 1.807) is 18.2 Å². The third kappa shape index (κ3) is 2.86. The summed E-state index contributed by atoms with van der Waals surface area (Å²) >= 11 is 3.25. The van der Waals surface area contributed by atoms with Crippen molar-refractivity contribution in [3.8, 4) is 11.5 Å². The lowest BCUT2D eigenvalue weighted by atomic mass is 10.2. The zero-order valence-corrected chi connectivity index (χ0v) is 10.7. The number of hydrogen-bond acceptors (Lipinski definition) is 2. The Morgan fingerprint density at radius 3 is 2.50 bits per heavy atom. The van der Waals surface area contributed by atoms with Gasteiger partial charge in [0.15, 0.2) is 11.6 Å². The Balaban J connectivity index is 2.36. The molecule has 0 spiro atoms. The molecule has 18 heavy (non-hydrogen) atoms. The summed E-state index contributed by atoms with van der Waals surface area (Å²) in [7, 11) is 0. The fourth-order valence-electron chi connectivity index (χ4n) is 1.43. The molecule has 0 atom stereocenters. The van der Waals surface area contributed by atoms with Crippen molar-refractivity contribution < 1.29 is 18.6 Å². The quantitative estimate of drug-likeness (QED) is 0.927. The van der Waals surface area contributed by atoms with Gasteiger partial charge in [-0.25, -0.2) is 8.78 Å². The van der Waals surface area contributed by atoms with Crippen LogP contribution in [0.3, 0.4) is 0 Å². The van der Waals surface area contributed by atoms with Crippen LogP contribution in [-0.2, 0) is 6.61 Å². The van der Waals surface area contributed by atoms with Gasteiger partial charge in [-0.05, 0) is 24.3 Å². The number of halogens is 3. The number of benzene rings is 2. The van der Waals surface area contributed by atoms with Crippen molar-refractivity contribution in [2.75, 3.05) is 0 Å². The van der Waals surface area contributed by atoms with Gasteiger partial charge in [-0.3, -0.25) is 0 Å². The molecule has 1 N–H and O–H groups in total. The fraction of sp³-hybridized carbons (Fsp3) is 0.0769. The van der Waals surface area contributed by atoms with E-state index in [2.05, 4.69) is 15.9 Å². The van der Waals surface area contributed by atoms with Crippen LogP contribution < -0.4 is 4.74 Å². The zero-order chi connectivity index (χ0) is 13.1. The van der Waals surface area contributed by atoms with Gasteiger partial charge in [-0.15, -0.1) is 0 Å². The highest BCUT2D eigenvalue weighted by Gasteiger charge is 2.09. The van der Waals surface area contributed by atoms with Crippen molar-refractivity contribution in [1.82, 2.24) is 0 Å². The van der Waals surface area contributed by atoms with Crippen LogP contribution in [0.2, 0.25) is 0 Å². The molecule has 5 heteroatoms. The summed E-state index contributed by atoms with van der Waals surface area (Å²) in [5.41, 5.74) is 0.516. The van der Waals surface area contributed by atoms with E-state index in [9.17, 15) is 8.78 Å². The summed E-state index contributed by atoms with van der Waals surface area (Å²) in [5, 5.41) is 9.15. The Morgan fingerprint density at radius 2 is 1.83 bits per heavy atom. The van der Waals surface area contributed by atoms with Gasteiger partial charge in [0.25, 0.3) is 0 Å². The fourth-order valence-corrected chi connectivity index (χ4v) is 1.77. The second-order valence-electron chi connectivity index (χ2n) is 3.59. The number of ether oxygens (including phenoxy) is 1. The number of rotatable bonds is 3. The van der Waals surface area contributed by atoms with Crippen LogP contribution in [0.25, 0.3) is 0 Å². The van der Waals surface area contributed by atoms with Crippen LogP contribution in [0.15, 0.2) is 40.9 Å². The highest BCUT2D eigenvalue weighted by molar-refractivity contribution is 9.10. The highest BCUT2D eigenvalue weighted by atomic mass is 79.9. The Labute approximate surface area is 111 Å². The largest absolute Gasteiger partial charge is 0.454 e. The molecule has 0 unspecified atom stereocenters. The molecule has 0 radical (unpaired) electrons. The Morgan fingerprint density at radius 1 is 1.06 bits per heavy atom. The average Bonchev–Trinajstić information content (AvgIpc) is 2.33. The third-order valence-electron chi connectivity index (χ3n) is 2.31. The van der Waals surface area contributed by atoms with Gasteiger partial charge >= 0.3 is 0 Å². The van der Waals surface area contributed by atoms with Gasteiger partial charge in [0.05, 0.1) is 6.61 Å². The smallest absolute Gasteiger partial charge is 0.168 e. The normalized spacial score (nSPS) is 10.4. The maximum Gasteiger partial charge on any atom is 0.168 e. The van der Waals surface area contributed by atoms with Gasteiger partial charge < -0.3 is 9.84 Å². The summed E-state index contributed by atoms with van der Waals surface area (Å²) in [4.78, 5) is 0. The summed E-state index contributed by atoms with van der Waals surface area (Å²) < 4.78 is 32.3. The highest BCUT2D eigenvalue weighted by Crippen LogP contribution is 2.30. The molecule has 2 aromatic rings. The van der Waals surface area contributed by atoms with E-state index in [4.69, 9.17) is 9.84 Å². The molecule has 0 fully saturated rings. The third-order valence-corrected chi connectivity index (χ3v) is 2.81. The molecule has 0 saturated carbocycles. The first kappa shape index (κ1) is 13.0. The van der Waals surface area contributed by atoms with Crippen molar-refractivity contribution in [3.05, 3.63) is 58.1 Å². The molecule has 2 aromatic carbocycles. The summed E-state index contributed by atoms with van der Waals surface area (Å²) in [6.07, 6.45) is 0. The van der Waals surface area contributed by atoms with Gasteiger partial charge in [0, 0.05) is 16.1 Å². The minimum Gasteiger partial charge on any atom is -0.454 e. The van der Waals surface area contributed by atoms with Gasteiger partial charge in [-0.2, -0.15) is 0 Å². The predicted octanol–water partition coefficient (Wildman–Crippen LogP) is 4.01. The van der Waals surface area contributed by atoms with Crippen LogP contribution in [-0.4, -0.2) is 5.11 Å². The second-order valence-corrected chi connectivity index (χ2v) is 4.50. The van der Waals surface area contributed by atoms with Crippen molar-refractivity contribution in [2.24, 2.45) is 0 Å². The Kier molecular flexibility index (Phi) is 3.93.